The highest BCUT2D eigenvalue weighted by Gasteiger charge is 2.23. The molecule has 0 aromatic carbocycles. The number of carboxylic acid groups (broad SMARTS) is 1. The minimum atomic E-state index is -1.88. The molecule has 0 aliphatic carbocycles. The maximum absolute atomic E-state index is 10.3. The molecule has 0 aliphatic heterocycles. The Labute approximate surface area is 62.0 Å². The molecular formula is C5H5BO5. The van der Waals surface area contributed by atoms with Gasteiger partial charge in [-0.05, 0) is 6.07 Å². The Kier molecular flexibility index (Phi) is 1.97. The van der Waals surface area contributed by atoms with Gasteiger partial charge in [-0.1, -0.05) is 0 Å². The third kappa shape index (κ3) is 1.41. The van der Waals surface area contributed by atoms with Crippen LogP contribution in [-0.2, 0) is 0 Å². The van der Waals surface area contributed by atoms with E-state index in [0.29, 0.717) is 0 Å². The molecule has 11 heavy (non-hydrogen) atoms. The molecule has 0 saturated carbocycles. The molecule has 1 rings (SSSR count). The van der Waals surface area contributed by atoms with E-state index in [9.17, 15) is 4.79 Å². The lowest BCUT2D eigenvalue weighted by Gasteiger charge is -1.93. The highest BCUT2D eigenvalue weighted by molar-refractivity contribution is 6.58. The van der Waals surface area contributed by atoms with E-state index >= 15 is 0 Å². The smallest absolute Gasteiger partial charge is 0.478 e. The summed E-state index contributed by atoms with van der Waals surface area (Å²) < 4.78 is 4.51. The second-order valence-corrected chi connectivity index (χ2v) is 1.88. The van der Waals surface area contributed by atoms with Crippen LogP contribution in [0, 0.1) is 0 Å². The first-order valence-corrected chi connectivity index (χ1v) is 2.79. The van der Waals surface area contributed by atoms with Crippen LogP contribution in [0.15, 0.2) is 16.7 Å². The second-order valence-electron chi connectivity index (χ2n) is 1.88. The van der Waals surface area contributed by atoms with Crippen LogP contribution in [0.2, 0.25) is 0 Å². The van der Waals surface area contributed by atoms with Crippen molar-refractivity contribution in [2.75, 3.05) is 0 Å². The molecule has 0 amide bonds. The molecule has 5 nitrogen and oxygen atoms in total. The van der Waals surface area contributed by atoms with Gasteiger partial charge in [0.2, 0.25) is 0 Å². The lowest BCUT2D eigenvalue weighted by Crippen LogP contribution is -2.32. The molecule has 0 bridgehead atoms. The van der Waals surface area contributed by atoms with Crippen LogP contribution in [0.3, 0.4) is 0 Å². The fourth-order valence-corrected chi connectivity index (χ4v) is 0.698. The standard InChI is InChI=1S/C5H5BO5/c7-5(8)3-1-2-11-4(3)6(9)10/h1-2,9-10H,(H,7,8). The quantitative estimate of drug-likeness (QED) is 0.460. The van der Waals surface area contributed by atoms with Gasteiger partial charge in [0.1, 0.15) is 5.66 Å². The van der Waals surface area contributed by atoms with Crippen LogP contribution in [0.5, 0.6) is 0 Å². The van der Waals surface area contributed by atoms with Crippen LogP contribution in [-0.4, -0.2) is 28.2 Å². The molecule has 0 fully saturated rings. The Morgan fingerprint density at radius 1 is 1.55 bits per heavy atom. The van der Waals surface area contributed by atoms with Crippen LogP contribution in [0.25, 0.3) is 0 Å². The Balaban J connectivity index is 3.06. The van der Waals surface area contributed by atoms with Gasteiger partial charge in [-0.3, -0.25) is 0 Å². The molecule has 0 radical (unpaired) electrons. The van der Waals surface area contributed by atoms with E-state index in [0.717, 1.165) is 12.3 Å². The predicted molar refractivity (Wildman–Crippen MR) is 35.5 cm³/mol. The first-order valence-electron chi connectivity index (χ1n) is 2.79. The van der Waals surface area contributed by atoms with E-state index < -0.39 is 13.1 Å². The van der Waals surface area contributed by atoms with Crippen LogP contribution in [0.1, 0.15) is 10.4 Å². The summed E-state index contributed by atoms with van der Waals surface area (Å²) in [5.41, 5.74) is -0.586. The van der Waals surface area contributed by atoms with Crippen LogP contribution >= 0.6 is 0 Å². The van der Waals surface area contributed by atoms with Gasteiger partial charge >= 0.3 is 13.1 Å². The fraction of sp³-hybridized carbons (Fsp3) is 0. The summed E-state index contributed by atoms with van der Waals surface area (Å²) in [7, 11) is -1.88. The third-order valence-corrected chi connectivity index (χ3v) is 1.16. The van der Waals surface area contributed by atoms with Gasteiger partial charge in [0.25, 0.3) is 0 Å². The monoisotopic (exact) mass is 156 g/mol. The van der Waals surface area contributed by atoms with Crippen molar-refractivity contribution in [3.8, 4) is 0 Å². The minimum Gasteiger partial charge on any atom is -0.478 e. The minimum absolute atomic E-state index is 0.236. The number of furan rings is 1. The molecule has 0 saturated heterocycles. The molecule has 0 atom stereocenters. The topological polar surface area (TPSA) is 90.9 Å². The molecule has 58 valence electrons. The maximum atomic E-state index is 10.3. The maximum Gasteiger partial charge on any atom is 0.527 e. The van der Waals surface area contributed by atoms with Gasteiger partial charge in [0, 0.05) is 0 Å². The van der Waals surface area contributed by atoms with Crippen molar-refractivity contribution in [2.45, 2.75) is 0 Å². The molecule has 0 aliphatic rings. The zero-order chi connectivity index (χ0) is 8.43. The Morgan fingerprint density at radius 3 is 2.55 bits per heavy atom. The van der Waals surface area contributed by atoms with Crippen molar-refractivity contribution in [3.05, 3.63) is 17.9 Å². The van der Waals surface area contributed by atoms with Gasteiger partial charge in [0.15, 0.2) is 0 Å². The van der Waals surface area contributed by atoms with Gasteiger partial charge in [-0.25, -0.2) is 4.79 Å². The molecular weight excluding hydrogens is 151 g/mol. The van der Waals surface area contributed by atoms with Crippen molar-refractivity contribution in [1.82, 2.24) is 0 Å². The number of rotatable bonds is 2. The summed E-state index contributed by atoms with van der Waals surface area (Å²) in [6.45, 7) is 0. The summed E-state index contributed by atoms with van der Waals surface area (Å²) >= 11 is 0. The average Bonchev–Trinajstić information content (AvgIpc) is 2.32. The first kappa shape index (κ1) is 7.84. The van der Waals surface area contributed by atoms with E-state index in [1.807, 2.05) is 0 Å². The number of carbonyl (C=O) groups is 1. The number of aromatic carboxylic acids is 1. The van der Waals surface area contributed by atoms with Crippen molar-refractivity contribution in [1.29, 1.82) is 0 Å². The van der Waals surface area contributed by atoms with Gasteiger partial charge < -0.3 is 19.6 Å². The fourth-order valence-electron chi connectivity index (χ4n) is 0.698. The highest BCUT2D eigenvalue weighted by Crippen LogP contribution is 1.97. The zero-order valence-corrected chi connectivity index (χ0v) is 5.39. The largest absolute Gasteiger partial charge is 0.527 e. The predicted octanol–water partition coefficient (Wildman–Crippen LogP) is -1.34. The number of hydrogen-bond donors (Lipinski definition) is 3. The molecule has 1 heterocycles. The summed E-state index contributed by atoms with van der Waals surface area (Å²) in [6.07, 6.45) is 1.08. The lowest BCUT2D eigenvalue weighted by molar-refractivity contribution is 0.0697. The Morgan fingerprint density at radius 2 is 2.18 bits per heavy atom. The second kappa shape index (κ2) is 2.77. The third-order valence-electron chi connectivity index (χ3n) is 1.16. The molecule has 0 spiro atoms. The van der Waals surface area contributed by atoms with Gasteiger partial charge in [0.05, 0.1) is 11.8 Å². The van der Waals surface area contributed by atoms with Crippen molar-refractivity contribution >= 4 is 18.7 Å². The van der Waals surface area contributed by atoms with E-state index in [-0.39, 0.29) is 11.2 Å². The summed E-state index contributed by atoms with van der Waals surface area (Å²) in [4.78, 5) is 10.3. The molecule has 6 heteroatoms. The molecule has 1 aromatic heterocycles. The van der Waals surface area contributed by atoms with E-state index in [4.69, 9.17) is 15.2 Å². The first-order chi connectivity index (χ1) is 5.13. The zero-order valence-electron chi connectivity index (χ0n) is 5.39. The summed E-state index contributed by atoms with van der Waals surface area (Å²) in [5.74, 6) is -1.25. The SMILES string of the molecule is O=C(O)c1ccoc1B(O)O. The molecule has 3 N–H and O–H groups in total. The van der Waals surface area contributed by atoms with E-state index in [1.165, 1.54) is 0 Å². The number of hydrogen-bond acceptors (Lipinski definition) is 4. The summed E-state index contributed by atoms with van der Waals surface area (Å²) in [5, 5.41) is 25.5. The normalized spacial score (nSPS) is 9.64. The van der Waals surface area contributed by atoms with Crippen molar-refractivity contribution < 1.29 is 24.4 Å². The number of carboxylic acids is 1. The van der Waals surface area contributed by atoms with E-state index in [1.54, 1.807) is 0 Å². The van der Waals surface area contributed by atoms with Crippen LogP contribution < -0.4 is 5.66 Å². The Hall–Kier alpha value is -1.27. The van der Waals surface area contributed by atoms with E-state index in [2.05, 4.69) is 4.42 Å². The van der Waals surface area contributed by atoms with Gasteiger partial charge in [-0.2, -0.15) is 0 Å². The summed E-state index contributed by atoms with van der Waals surface area (Å²) in [6, 6.07) is 1.15. The lowest BCUT2D eigenvalue weighted by atomic mass is 9.85. The Bertz CT molecular complexity index is 266. The molecule has 1 aromatic rings. The van der Waals surface area contributed by atoms with Crippen molar-refractivity contribution in [2.24, 2.45) is 0 Å². The highest BCUT2D eigenvalue weighted by atomic mass is 16.4. The molecule has 0 unspecified atom stereocenters. The van der Waals surface area contributed by atoms with Gasteiger partial charge in [-0.15, -0.1) is 0 Å². The van der Waals surface area contributed by atoms with Crippen LogP contribution in [0.4, 0.5) is 0 Å². The van der Waals surface area contributed by atoms with Crippen molar-refractivity contribution in [3.63, 3.8) is 0 Å². The average molecular weight is 156 g/mol.